The smallest absolute Gasteiger partial charge is 0.323 e. The fourth-order valence-electron chi connectivity index (χ4n) is 5.63. The van der Waals surface area contributed by atoms with Crippen LogP contribution < -0.4 is 29.4 Å². The van der Waals surface area contributed by atoms with Crippen molar-refractivity contribution in [1.82, 2.24) is 0 Å². The lowest BCUT2D eigenvalue weighted by atomic mass is 9.66. The van der Waals surface area contributed by atoms with Crippen LogP contribution in [0.4, 0.5) is 0 Å². The first-order valence-electron chi connectivity index (χ1n) is 12.7. The van der Waals surface area contributed by atoms with Gasteiger partial charge in [-0.05, 0) is 41.3 Å². The average Bonchev–Trinajstić information content (AvgIpc) is 3.56. The van der Waals surface area contributed by atoms with Crippen molar-refractivity contribution in [3.05, 3.63) is 41.0 Å². The highest BCUT2D eigenvalue weighted by atomic mass is 16.7. The Morgan fingerprint density at radius 2 is 1.63 bits per heavy atom. The summed E-state index contributed by atoms with van der Waals surface area (Å²) in [6.07, 6.45) is -0.0237. The summed E-state index contributed by atoms with van der Waals surface area (Å²) in [4.78, 5) is 26.4. The highest BCUT2D eigenvalue weighted by molar-refractivity contribution is 5.80. The minimum atomic E-state index is -0.790. The molecule has 0 aromatic heterocycles. The van der Waals surface area contributed by atoms with Gasteiger partial charge in [-0.15, -0.1) is 0 Å². The molecule has 2 aromatic carbocycles. The summed E-state index contributed by atoms with van der Waals surface area (Å²) in [6, 6.07) is 6.54. The first-order chi connectivity index (χ1) is 18.3. The van der Waals surface area contributed by atoms with Gasteiger partial charge in [0.25, 0.3) is 0 Å². The first-order valence-corrected chi connectivity index (χ1v) is 12.7. The highest BCUT2D eigenvalue weighted by Gasteiger charge is 2.54. The van der Waals surface area contributed by atoms with Crippen LogP contribution in [-0.4, -0.2) is 52.7 Å². The molecule has 1 fully saturated rings. The predicted octanol–water partition coefficient (Wildman–Crippen LogP) is 3.33. The maximum atomic E-state index is 13.3. The summed E-state index contributed by atoms with van der Waals surface area (Å²) in [5.41, 5.74) is 8.46. The second kappa shape index (κ2) is 10.2. The van der Waals surface area contributed by atoms with E-state index in [0.717, 1.165) is 23.1 Å². The summed E-state index contributed by atoms with van der Waals surface area (Å²) >= 11 is 0. The normalized spacial score (nSPS) is 24.5. The van der Waals surface area contributed by atoms with Gasteiger partial charge in [-0.3, -0.25) is 9.59 Å². The SMILES string of the molecule is CC[C@H](C)[C@H](N)C(=O)O[C@H]1c2cc3c(cc2[C@@H](c2cc(OC)c(OC)c(OC)c2)[C@@H]2C(=O)OC[C@@H]21)OCO3. The first kappa shape index (κ1) is 26.0. The molecule has 2 aromatic rings. The van der Waals surface area contributed by atoms with Gasteiger partial charge in [0.15, 0.2) is 23.0 Å². The number of rotatable bonds is 8. The average molecular weight is 528 g/mol. The summed E-state index contributed by atoms with van der Waals surface area (Å²) < 4.78 is 39.7. The van der Waals surface area contributed by atoms with E-state index in [4.69, 9.17) is 38.9 Å². The van der Waals surface area contributed by atoms with Gasteiger partial charge in [0.1, 0.15) is 12.1 Å². The Labute approximate surface area is 221 Å². The van der Waals surface area contributed by atoms with Gasteiger partial charge in [-0.25, -0.2) is 0 Å². The van der Waals surface area contributed by atoms with Crippen molar-refractivity contribution in [2.45, 2.75) is 38.3 Å². The van der Waals surface area contributed by atoms with Crippen LogP contribution >= 0.6 is 0 Å². The molecule has 0 saturated carbocycles. The summed E-state index contributed by atoms with van der Waals surface area (Å²) in [7, 11) is 4.61. The zero-order chi connectivity index (χ0) is 27.1. The van der Waals surface area contributed by atoms with Gasteiger partial charge in [0, 0.05) is 17.4 Å². The van der Waals surface area contributed by atoms with E-state index in [1.807, 2.05) is 38.1 Å². The van der Waals surface area contributed by atoms with Crippen LogP contribution in [0.15, 0.2) is 24.3 Å². The number of carbonyl (C=O) groups is 2. The van der Waals surface area contributed by atoms with Crippen molar-refractivity contribution in [3.8, 4) is 28.7 Å². The maximum absolute atomic E-state index is 13.3. The molecule has 2 aliphatic heterocycles. The number of methoxy groups -OCH3 is 3. The summed E-state index contributed by atoms with van der Waals surface area (Å²) in [6.45, 7) is 4.06. The third-order valence-electron chi connectivity index (χ3n) is 7.94. The Morgan fingerprint density at radius 1 is 1.00 bits per heavy atom. The Balaban J connectivity index is 1.67. The van der Waals surface area contributed by atoms with Gasteiger partial charge in [-0.2, -0.15) is 0 Å². The fourth-order valence-corrected chi connectivity index (χ4v) is 5.63. The van der Waals surface area contributed by atoms with Crippen LogP contribution in [0.3, 0.4) is 0 Å². The zero-order valence-corrected chi connectivity index (χ0v) is 22.1. The van der Waals surface area contributed by atoms with E-state index in [2.05, 4.69) is 0 Å². The number of nitrogens with two attached hydrogens (primary N) is 1. The fraction of sp³-hybridized carbons (Fsp3) is 0.500. The van der Waals surface area contributed by atoms with Crippen molar-refractivity contribution in [2.24, 2.45) is 23.5 Å². The second-order valence-corrected chi connectivity index (χ2v) is 9.86. The topological polar surface area (TPSA) is 125 Å². The molecule has 0 radical (unpaired) electrons. The molecule has 3 aliphatic rings. The number of carbonyl (C=O) groups excluding carboxylic acids is 2. The molecule has 0 spiro atoms. The number of cyclic esters (lactones) is 1. The molecule has 6 atom stereocenters. The molecule has 0 amide bonds. The Morgan fingerprint density at radius 3 is 2.21 bits per heavy atom. The van der Waals surface area contributed by atoms with Gasteiger partial charge >= 0.3 is 11.9 Å². The van der Waals surface area contributed by atoms with Gasteiger partial charge in [0.2, 0.25) is 12.5 Å². The molecule has 10 heteroatoms. The van der Waals surface area contributed by atoms with Crippen LogP contribution in [0, 0.1) is 17.8 Å². The third kappa shape index (κ3) is 4.16. The van der Waals surface area contributed by atoms with Crippen LogP contribution in [0.25, 0.3) is 0 Å². The number of esters is 2. The minimum Gasteiger partial charge on any atom is -0.493 e. The van der Waals surface area contributed by atoms with Crippen molar-refractivity contribution in [2.75, 3.05) is 34.7 Å². The molecular formula is C28H33NO9. The predicted molar refractivity (Wildman–Crippen MR) is 135 cm³/mol. The molecule has 5 rings (SSSR count). The van der Waals surface area contributed by atoms with E-state index in [1.54, 1.807) is 0 Å². The van der Waals surface area contributed by atoms with Crippen LogP contribution in [0.2, 0.25) is 0 Å². The van der Waals surface area contributed by atoms with Crippen molar-refractivity contribution < 1.29 is 42.7 Å². The Kier molecular flexibility index (Phi) is 7.00. The monoisotopic (exact) mass is 527 g/mol. The van der Waals surface area contributed by atoms with Crippen LogP contribution in [0.5, 0.6) is 28.7 Å². The lowest BCUT2D eigenvalue weighted by Gasteiger charge is -2.39. The van der Waals surface area contributed by atoms with Gasteiger partial charge in [-0.1, -0.05) is 20.3 Å². The number of ether oxygens (including phenoxy) is 7. The van der Waals surface area contributed by atoms with Crippen molar-refractivity contribution >= 4 is 11.9 Å². The van der Waals surface area contributed by atoms with Crippen LogP contribution in [0.1, 0.15) is 49.0 Å². The van der Waals surface area contributed by atoms with Crippen LogP contribution in [-0.2, 0) is 19.1 Å². The molecule has 2 N–H and O–H groups in total. The number of benzene rings is 2. The van der Waals surface area contributed by atoms with E-state index in [9.17, 15) is 9.59 Å². The molecule has 0 unspecified atom stereocenters. The van der Waals surface area contributed by atoms with E-state index in [-0.39, 0.29) is 25.3 Å². The number of fused-ring (bicyclic) bond motifs is 3. The molecule has 0 bridgehead atoms. The quantitative estimate of drug-likeness (QED) is 0.511. The summed E-state index contributed by atoms with van der Waals surface area (Å²) in [5.74, 6) is -0.0386. The zero-order valence-electron chi connectivity index (χ0n) is 22.1. The minimum absolute atomic E-state index is 0.0634. The van der Waals surface area contributed by atoms with Gasteiger partial charge in [0.05, 0.1) is 33.9 Å². The van der Waals surface area contributed by atoms with E-state index in [1.165, 1.54) is 21.3 Å². The molecule has 204 valence electrons. The molecule has 1 aliphatic carbocycles. The molecule has 38 heavy (non-hydrogen) atoms. The molecular weight excluding hydrogens is 494 g/mol. The van der Waals surface area contributed by atoms with E-state index >= 15 is 0 Å². The van der Waals surface area contributed by atoms with E-state index in [0.29, 0.717) is 28.7 Å². The lowest BCUT2D eigenvalue weighted by molar-refractivity contribution is -0.157. The van der Waals surface area contributed by atoms with Gasteiger partial charge < -0.3 is 38.9 Å². The largest absolute Gasteiger partial charge is 0.493 e. The van der Waals surface area contributed by atoms with E-state index < -0.39 is 35.9 Å². The second-order valence-electron chi connectivity index (χ2n) is 9.86. The molecule has 10 nitrogen and oxygen atoms in total. The lowest BCUT2D eigenvalue weighted by Crippen LogP contribution is -2.42. The third-order valence-corrected chi connectivity index (χ3v) is 7.94. The van der Waals surface area contributed by atoms with Crippen molar-refractivity contribution in [3.63, 3.8) is 0 Å². The van der Waals surface area contributed by atoms with Crippen molar-refractivity contribution in [1.29, 1.82) is 0 Å². The molecule has 1 saturated heterocycles. The Hall–Kier alpha value is -3.66. The standard InChI is InChI=1S/C28H33NO9/c1-6-13(2)24(29)28(31)38-25-16-10-19-18(36-12-37-19)9-15(16)22(23-17(25)11-35-27(23)30)14-7-20(32-3)26(34-5)21(8-14)33-4/h7-10,13,17,22-25H,6,11-12,29H2,1-5H3/t13-,17-,22+,23+,24-,25-/m0/s1. The highest BCUT2D eigenvalue weighted by Crippen LogP contribution is 2.56. The molecule has 2 heterocycles. The maximum Gasteiger partial charge on any atom is 0.323 e. The summed E-state index contributed by atoms with van der Waals surface area (Å²) in [5, 5.41) is 0. The Bertz CT molecular complexity index is 1220. The number of hydrogen-bond acceptors (Lipinski definition) is 10. The number of hydrogen-bond donors (Lipinski definition) is 1.